The number of benzene rings is 2. The van der Waals surface area contributed by atoms with Gasteiger partial charge in [0.2, 0.25) is 5.95 Å². The van der Waals surface area contributed by atoms with Crippen LogP contribution in [-0.2, 0) is 19.9 Å². The lowest BCUT2D eigenvalue weighted by Crippen LogP contribution is -2.26. The average Bonchev–Trinajstić information content (AvgIpc) is 3.53. The Morgan fingerprint density at radius 2 is 1.97 bits per heavy atom. The highest BCUT2D eigenvalue weighted by Gasteiger charge is 2.31. The van der Waals surface area contributed by atoms with Gasteiger partial charge in [-0.1, -0.05) is 18.2 Å². The smallest absolute Gasteiger partial charge is 0.339 e. The van der Waals surface area contributed by atoms with Crippen LogP contribution in [-0.4, -0.2) is 46.4 Å². The number of hydrogen-bond donors (Lipinski definition) is 1. The first-order valence-corrected chi connectivity index (χ1v) is 12.6. The van der Waals surface area contributed by atoms with E-state index in [9.17, 15) is 9.90 Å². The van der Waals surface area contributed by atoms with Gasteiger partial charge in [-0.15, -0.1) is 0 Å². The highest BCUT2D eigenvalue weighted by atomic mass is 16.5. The van der Waals surface area contributed by atoms with Gasteiger partial charge in [-0.25, -0.2) is 14.8 Å². The van der Waals surface area contributed by atoms with Crippen molar-refractivity contribution in [2.75, 3.05) is 25.7 Å². The number of nitrogens with zero attached hydrogens (tertiary/aromatic N) is 4. The van der Waals surface area contributed by atoms with Gasteiger partial charge in [-0.2, -0.15) is 0 Å². The standard InChI is InChI=1S/C29H32N4O4/c1-32-18-19(21-9-4-5-11-25(21)32)8-6-10-24-23(28(34)35)17-30-29(31-24)33-15-7-12-26(33)22-14-13-20(36-2)16-27(22)37-3/h4-5,9,11,13-14,16-18,26H,6-8,10,12,15H2,1-3H3,(H,34,35)/t26-/m0/s1. The van der Waals surface area contributed by atoms with Crippen LogP contribution >= 0.6 is 0 Å². The minimum Gasteiger partial charge on any atom is -0.497 e. The molecule has 1 aliphatic rings. The number of methoxy groups -OCH3 is 2. The number of aromatic nitrogens is 3. The van der Waals surface area contributed by atoms with E-state index in [1.165, 1.54) is 22.7 Å². The van der Waals surface area contributed by atoms with Crippen molar-refractivity contribution in [3.8, 4) is 11.5 Å². The molecule has 3 heterocycles. The molecule has 0 bridgehead atoms. The third kappa shape index (κ3) is 4.83. The lowest BCUT2D eigenvalue weighted by molar-refractivity contribution is 0.0694. The van der Waals surface area contributed by atoms with Gasteiger partial charge in [0, 0.05) is 48.5 Å². The fraction of sp³-hybridized carbons (Fsp3) is 0.345. The number of carboxylic acid groups (broad SMARTS) is 1. The van der Waals surface area contributed by atoms with Crippen LogP contribution in [0.5, 0.6) is 11.5 Å². The lowest BCUT2D eigenvalue weighted by Gasteiger charge is -2.27. The predicted molar refractivity (Wildman–Crippen MR) is 143 cm³/mol. The fourth-order valence-corrected chi connectivity index (χ4v) is 5.41. The first-order chi connectivity index (χ1) is 18.0. The first-order valence-electron chi connectivity index (χ1n) is 12.6. The number of anilines is 1. The average molecular weight is 501 g/mol. The van der Waals surface area contributed by atoms with Crippen LogP contribution in [0, 0.1) is 0 Å². The third-order valence-electron chi connectivity index (χ3n) is 7.23. The van der Waals surface area contributed by atoms with Gasteiger partial charge in [-0.05, 0) is 55.9 Å². The molecular weight excluding hydrogens is 468 g/mol. The number of rotatable bonds is 9. The van der Waals surface area contributed by atoms with E-state index in [1.54, 1.807) is 14.2 Å². The SMILES string of the molecule is COc1ccc([C@@H]2CCCN2c2ncc(C(=O)O)c(CCCc3cn(C)c4ccccc34)n2)c(OC)c1. The number of fused-ring (bicyclic) bond motifs is 1. The van der Waals surface area contributed by atoms with Crippen LogP contribution in [0.15, 0.2) is 54.9 Å². The Balaban J connectivity index is 1.39. The molecule has 1 fully saturated rings. The van der Waals surface area contributed by atoms with Gasteiger partial charge in [0.25, 0.3) is 0 Å². The number of aromatic carboxylic acids is 1. The Kier molecular flexibility index (Phi) is 6.99. The zero-order valence-corrected chi connectivity index (χ0v) is 21.5. The maximum Gasteiger partial charge on any atom is 0.339 e. The van der Waals surface area contributed by atoms with Gasteiger partial charge < -0.3 is 24.0 Å². The summed E-state index contributed by atoms with van der Waals surface area (Å²) < 4.78 is 13.2. The Bertz CT molecular complexity index is 1430. The van der Waals surface area contributed by atoms with Gasteiger partial charge in [0.1, 0.15) is 11.5 Å². The van der Waals surface area contributed by atoms with Crippen molar-refractivity contribution < 1.29 is 19.4 Å². The van der Waals surface area contributed by atoms with Crippen LogP contribution in [0.4, 0.5) is 5.95 Å². The van der Waals surface area contributed by atoms with E-state index in [0.29, 0.717) is 18.1 Å². The maximum atomic E-state index is 12.0. The van der Waals surface area contributed by atoms with E-state index >= 15 is 0 Å². The number of aryl methyl sites for hydroxylation is 3. The summed E-state index contributed by atoms with van der Waals surface area (Å²) in [6.45, 7) is 0.793. The van der Waals surface area contributed by atoms with E-state index < -0.39 is 5.97 Å². The number of para-hydroxylation sites is 1. The van der Waals surface area contributed by atoms with Crippen molar-refractivity contribution in [1.29, 1.82) is 0 Å². The topological polar surface area (TPSA) is 89.7 Å². The third-order valence-corrected chi connectivity index (χ3v) is 7.23. The minimum absolute atomic E-state index is 0.0417. The Hall–Kier alpha value is -4.07. The van der Waals surface area contributed by atoms with E-state index in [0.717, 1.165) is 49.3 Å². The molecule has 2 aromatic heterocycles. The van der Waals surface area contributed by atoms with Gasteiger partial charge in [0.05, 0.1) is 31.5 Å². The molecule has 192 valence electrons. The van der Waals surface area contributed by atoms with Crippen molar-refractivity contribution in [3.63, 3.8) is 0 Å². The largest absolute Gasteiger partial charge is 0.497 e. The highest BCUT2D eigenvalue weighted by molar-refractivity contribution is 5.88. The Labute approximate surface area is 216 Å². The molecule has 1 saturated heterocycles. The molecule has 8 nitrogen and oxygen atoms in total. The number of hydrogen-bond acceptors (Lipinski definition) is 6. The number of carboxylic acids is 1. The Morgan fingerprint density at radius 3 is 2.76 bits per heavy atom. The summed E-state index contributed by atoms with van der Waals surface area (Å²) in [7, 11) is 5.34. The molecule has 8 heteroatoms. The molecule has 2 aromatic carbocycles. The lowest BCUT2D eigenvalue weighted by atomic mass is 10.0. The fourth-order valence-electron chi connectivity index (χ4n) is 5.41. The van der Waals surface area contributed by atoms with Crippen LogP contribution in [0.25, 0.3) is 10.9 Å². The summed E-state index contributed by atoms with van der Waals surface area (Å²) in [5, 5.41) is 11.0. The maximum absolute atomic E-state index is 12.0. The summed E-state index contributed by atoms with van der Waals surface area (Å²) in [4.78, 5) is 23.4. The molecule has 1 N–H and O–H groups in total. The van der Waals surface area contributed by atoms with E-state index in [1.807, 2.05) is 24.3 Å². The van der Waals surface area contributed by atoms with Crippen LogP contribution in [0.1, 0.15) is 52.5 Å². The molecule has 0 amide bonds. The van der Waals surface area contributed by atoms with E-state index in [4.69, 9.17) is 14.5 Å². The molecule has 1 atom stereocenters. The van der Waals surface area contributed by atoms with Crippen molar-refractivity contribution in [2.45, 2.75) is 38.1 Å². The van der Waals surface area contributed by atoms with Crippen LogP contribution in [0.2, 0.25) is 0 Å². The van der Waals surface area contributed by atoms with E-state index in [-0.39, 0.29) is 11.6 Å². The predicted octanol–water partition coefficient (Wildman–Crippen LogP) is 5.20. The molecule has 0 saturated carbocycles. The van der Waals surface area contributed by atoms with Gasteiger partial charge in [-0.3, -0.25) is 0 Å². The molecule has 0 spiro atoms. The van der Waals surface area contributed by atoms with Crippen LogP contribution < -0.4 is 14.4 Å². The first kappa shape index (κ1) is 24.6. The van der Waals surface area contributed by atoms with Gasteiger partial charge in [0.15, 0.2) is 0 Å². The quantitative estimate of drug-likeness (QED) is 0.338. The van der Waals surface area contributed by atoms with Crippen molar-refractivity contribution in [2.24, 2.45) is 7.05 Å². The minimum atomic E-state index is -0.999. The normalized spacial score (nSPS) is 15.3. The molecule has 0 aliphatic carbocycles. The second kappa shape index (κ2) is 10.5. The molecule has 0 unspecified atom stereocenters. The monoisotopic (exact) mass is 500 g/mol. The summed E-state index contributed by atoms with van der Waals surface area (Å²) >= 11 is 0. The zero-order chi connectivity index (χ0) is 25.9. The molecule has 5 rings (SSSR count). The van der Waals surface area contributed by atoms with E-state index in [2.05, 4.69) is 45.9 Å². The van der Waals surface area contributed by atoms with Crippen LogP contribution in [0.3, 0.4) is 0 Å². The summed E-state index contributed by atoms with van der Waals surface area (Å²) in [5.74, 6) is 1.06. The molecular formula is C29H32N4O4. The molecule has 37 heavy (non-hydrogen) atoms. The van der Waals surface area contributed by atoms with Gasteiger partial charge >= 0.3 is 5.97 Å². The highest BCUT2D eigenvalue weighted by Crippen LogP contribution is 2.40. The summed E-state index contributed by atoms with van der Waals surface area (Å²) in [6.07, 6.45) is 7.73. The van der Waals surface area contributed by atoms with Crippen molar-refractivity contribution >= 4 is 22.8 Å². The molecule has 4 aromatic rings. The summed E-state index contributed by atoms with van der Waals surface area (Å²) in [6, 6.07) is 14.2. The summed E-state index contributed by atoms with van der Waals surface area (Å²) in [5.41, 5.74) is 4.24. The second-order valence-corrected chi connectivity index (χ2v) is 9.43. The van der Waals surface area contributed by atoms with Crippen molar-refractivity contribution in [1.82, 2.24) is 14.5 Å². The zero-order valence-electron chi connectivity index (χ0n) is 21.5. The number of carbonyl (C=O) groups is 1. The van der Waals surface area contributed by atoms with Crippen molar-refractivity contribution in [3.05, 3.63) is 77.2 Å². The second-order valence-electron chi connectivity index (χ2n) is 9.43. The number of ether oxygens (including phenoxy) is 2. The molecule has 0 radical (unpaired) electrons. The molecule has 1 aliphatic heterocycles. The Morgan fingerprint density at radius 1 is 1.14 bits per heavy atom.